The van der Waals surface area contributed by atoms with Crippen LogP contribution in [0.3, 0.4) is 0 Å². The Balaban J connectivity index is 2.55. The van der Waals surface area contributed by atoms with Gasteiger partial charge in [0.1, 0.15) is 0 Å². The van der Waals surface area contributed by atoms with E-state index in [-0.39, 0.29) is 0 Å². The van der Waals surface area contributed by atoms with E-state index in [4.69, 9.17) is 0 Å². The maximum Gasteiger partial charge on any atom is 0.279 e. The average Bonchev–Trinajstić information content (AvgIpc) is 2.28. The van der Waals surface area contributed by atoms with Crippen molar-refractivity contribution in [1.29, 1.82) is 0 Å². The van der Waals surface area contributed by atoms with E-state index in [1.165, 1.54) is 0 Å². The second-order valence-corrected chi connectivity index (χ2v) is 8.34. The molecular weight excluding hydrogens is 260 g/mol. The van der Waals surface area contributed by atoms with Gasteiger partial charge in [0.2, 0.25) is 0 Å². The van der Waals surface area contributed by atoms with Gasteiger partial charge >= 0.3 is 0 Å². The van der Waals surface area contributed by atoms with Crippen LogP contribution >= 0.6 is 0 Å². The molecule has 1 rings (SSSR count). The summed E-state index contributed by atoms with van der Waals surface area (Å²) in [5.74, 6) is 2.01. The highest BCUT2D eigenvalue weighted by molar-refractivity contribution is 7.87. The molecule has 1 N–H and O–H groups in total. The zero-order valence-corrected chi connectivity index (χ0v) is 13.8. The summed E-state index contributed by atoms with van der Waals surface area (Å²) in [5.41, 5.74) is 0. The second-order valence-electron chi connectivity index (χ2n) is 6.59. The van der Waals surface area contributed by atoms with Crippen LogP contribution in [0.2, 0.25) is 0 Å². The van der Waals surface area contributed by atoms with Crippen molar-refractivity contribution >= 4 is 10.2 Å². The molecular formula is C14H30N2O2S. The number of hydrogen-bond acceptors (Lipinski definition) is 2. The van der Waals surface area contributed by atoms with Gasteiger partial charge < -0.3 is 0 Å². The van der Waals surface area contributed by atoms with E-state index in [2.05, 4.69) is 39.3 Å². The first kappa shape index (κ1) is 16.9. The second kappa shape index (κ2) is 7.04. The molecule has 0 aromatic rings. The normalized spacial score (nSPS) is 19.8. The van der Waals surface area contributed by atoms with E-state index in [0.717, 1.165) is 12.8 Å². The summed E-state index contributed by atoms with van der Waals surface area (Å²) < 4.78 is 28.9. The van der Waals surface area contributed by atoms with Gasteiger partial charge in [-0.05, 0) is 36.5 Å². The molecule has 0 radical (unpaired) electrons. The number of nitrogens with one attached hydrogen (secondary N) is 1. The van der Waals surface area contributed by atoms with Crippen molar-refractivity contribution in [2.75, 3.05) is 19.6 Å². The summed E-state index contributed by atoms with van der Waals surface area (Å²) in [6, 6.07) is 0. The Morgan fingerprint density at radius 3 is 2.00 bits per heavy atom. The SMILES string of the molecule is CC1CCN(S(=O)(=O)NCC(C(C)C)C(C)C)CC1. The minimum absolute atomic E-state index is 0.387. The first-order valence-electron chi connectivity index (χ1n) is 7.48. The molecule has 1 saturated heterocycles. The molecule has 1 heterocycles. The average molecular weight is 290 g/mol. The molecule has 1 fully saturated rings. The zero-order chi connectivity index (χ0) is 14.6. The Labute approximate surface area is 119 Å². The van der Waals surface area contributed by atoms with Crippen molar-refractivity contribution in [1.82, 2.24) is 9.03 Å². The van der Waals surface area contributed by atoms with E-state index >= 15 is 0 Å². The molecule has 0 amide bonds. The van der Waals surface area contributed by atoms with Crippen molar-refractivity contribution in [3.05, 3.63) is 0 Å². The van der Waals surface area contributed by atoms with Crippen molar-refractivity contribution in [3.8, 4) is 0 Å². The lowest BCUT2D eigenvalue weighted by Crippen LogP contribution is -2.46. The molecule has 19 heavy (non-hydrogen) atoms. The van der Waals surface area contributed by atoms with E-state index in [1.807, 2.05) is 0 Å². The fourth-order valence-corrected chi connectivity index (χ4v) is 4.04. The fraction of sp³-hybridized carbons (Fsp3) is 1.00. The van der Waals surface area contributed by atoms with Gasteiger partial charge in [-0.2, -0.15) is 12.7 Å². The Kier molecular flexibility index (Phi) is 6.27. The van der Waals surface area contributed by atoms with Crippen LogP contribution in [0, 0.1) is 23.7 Å². The minimum atomic E-state index is -3.29. The quantitative estimate of drug-likeness (QED) is 0.817. The molecule has 5 heteroatoms. The highest BCUT2D eigenvalue weighted by Gasteiger charge is 2.27. The lowest BCUT2D eigenvalue weighted by molar-refractivity contribution is 0.270. The van der Waals surface area contributed by atoms with Gasteiger partial charge in [0, 0.05) is 19.6 Å². The van der Waals surface area contributed by atoms with E-state index < -0.39 is 10.2 Å². The molecule has 0 atom stereocenters. The van der Waals surface area contributed by atoms with E-state index in [1.54, 1.807) is 4.31 Å². The van der Waals surface area contributed by atoms with Crippen molar-refractivity contribution < 1.29 is 8.42 Å². The summed E-state index contributed by atoms with van der Waals surface area (Å²) in [6.45, 7) is 12.7. The summed E-state index contributed by atoms with van der Waals surface area (Å²) in [4.78, 5) is 0. The highest BCUT2D eigenvalue weighted by Crippen LogP contribution is 2.21. The molecule has 1 aliphatic rings. The largest absolute Gasteiger partial charge is 0.279 e. The molecule has 0 unspecified atom stereocenters. The van der Waals surface area contributed by atoms with Gasteiger partial charge in [0.15, 0.2) is 0 Å². The van der Waals surface area contributed by atoms with Crippen molar-refractivity contribution in [2.24, 2.45) is 23.7 Å². The molecule has 114 valence electrons. The molecule has 1 aliphatic heterocycles. The molecule has 4 nitrogen and oxygen atoms in total. The van der Waals surface area contributed by atoms with Gasteiger partial charge in [-0.15, -0.1) is 0 Å². The molecule has 0 aromatic heterocycles. The summed E-state index contributed by atoms with van der Waals surface area (Å²) in [6.07, 6.45) is 1.94. The predicted molar refractivity (Wildman–Crippen MR) is 80.1 cm³/mol. The monoisotopic (exact) mass is 290 g/mol. The topological polar surface area (TPSA) is 49.4 Å². The molecule has 0 aromatic carbocycles. The van der Waals surface area contributed by atoms with E-state index in [0.29, 0.717) is 43.3 Å². The first-order valence-corrected chi connectivity index (χ1v) is 8.92. The zero-order valence-electron chi connectivity index (χ0n) is 13.0. The molecule has 0 bridgehead atoms. The van der Waals surface area contributed by atoms with Gasteiger partial charge in [-0.1, -0.05) is 34.6 Å². The van der Waals surface area contributed by atoms with Gasteiger partial charge in [-0.3, -0.25) is 0 Å². The van der Waals surface area contributed by atoms with Crippen LogP contribution in [0.15, 0.2) is 0 Å². The third kappa shape index (κ3) is 5.04. The Hall–Kier alpha value is -0.130. The first-order chi connectivity index (χ1) is 8.74. The third-order valence-electron chi connectivity index (χ3n) is 4.30. The molecule has 0 saturated carbocycles. The highest BCUT2D eigenvalue weighted by atomic mass is 32.2. The number of rotatable bonds is 6. The molecule has 0 aliphatic carbocycles. The third-order valence-corrected chi connectivity index (χ3v) is 5.87. The van der Waals surface area contributed by atoms with Gasteiger partial charge in [-0.25, -0.2) is 4.72 Å². The summed E-state index contributed by atoms with van der Waals surface area (Å²) in [5, 5.41) is 0. The van der Waals surface area contributed by atoms with E-state index in [9.17, 15) is 8.42 Å². The minimum Gasteiger partial charge on any atom is -0.202 e. The Bertz CT molecular complexity index is 350. The Morgan fingerprint density at radius 2 is 1.58 bits per heavy atom. The maximum atomic E-state index is 12.3. The lowest BCUT2D eigenvalue weighted by atomic mass is 9.86. The maximum absolute atomic E-state index is 12.3. The lowest BCUT2D eigenvalue weighted by Gasteiger charge is -2.31. The molecule has 0 spiro atoms. The van der Waals surface area contributed by atoms with Crippen LogP contribution in [0.5, 0.6) is 0 Å². The smallest absolute Gasteiger partial charge is 0.202 e. The summed E-state index contributed by atoms with van der Waals surface area (Å²) in [7, 11) is -3.29. The van der Waals surface area contributed by atoms with Crippen LogP contribution in [0.25, 0.3) is 0 Å². The van der Waals surface area contributed by atoms with Crippen LogP contribution in [0.4, 0.5) is 0 Å². The summed E-state index contributed by atoms with van der Waals surface area (Å²) >= 11 is 0. The van der Waals surface area contributed by atoms with Crippen LogP contribution in [-0.2, 0) is 10.2 Å². The van der Waals surface area contributed by atoms with Gasteiger partial charge in [0.05, 0.1) is 0 Å². The number of nitrogens with zero attached hydrogens (tertiary/aromatic N) is 1. The standard InChI is InChI=1S/C14H30N2O2S/c1-11(2)14(12(3)4)10-15-19(17,18)16-8-6-13(5)7-9-16/h11-15H,6-10H2,1-5H3. The van der Waals surface area contributed by atoms with Crippen molar-refractivity contribution in [2.45, 2.75) is 47.5 Å². The van der Waals surface area contributed by atoms with Crippen molar-refractivity contribution in [3.63, 3.8) is 0 Å². The Morgan fingerprint density at radius 1 is 1.11 bits per heavy atom. The van der Waals surface area contributed by atoms with Gasteiger partial charge in [0.25, 0.3) is 10.2 Å². The fourth-order valence-electron chi connectivity index (χ4n) is 2.76. The van der Waals surface area contributed by atoms with Crippen LogP contribution in [0.1, 0.15) is 47.5 Å². The number of hydrogen-bond donors (Lipinski definition) is 1. The van der Waals surface area contributed by atoms with Crippen LogP contribution in [-0.4, -0.2) is 32.4 Å². The van der Waals surface area contributed by atoms with Crippen LogP contribution < -0.4 is 4.72 Å². The number of piperidine rings is 1. The predicted octanol–water partition coefficient (Wildman–Crippen LogP) is 2.48.